The minimum atomic E-state index is -5.08. The monoisotopic (exact) mass is 579 g/mol. The molecule has 3 N–H and O–H groups in total. The Morgan fingerprint density at radius 2 is 1.95 bits per heavy atom. The van der Waals surface area contributed by atoms with Crippen molar-refractivity contribution in [3.63, 3.8) is 0 Å². The number of aromatic amines is 2. The Morgan fingerprint density at radius 3 is 2.59 bits per heavy atom. The summed E-state index contributed by atoms with van der Waals surface area (Å²) in [6.45, 7) is 3.42. The van der Waals surface area contributed by atoms with Gasteiger partial charge in [0.15, 0.2) is 14.8 Å². The Balaban J connectivity index is 0.000000392. The first-order valence-corrected chi connectivity index (χ1v) is 13.5. The van der Waals surface area contributed by atoms with Crippen LogP contribution in [0.25, 0.3) is 42.5 Å². The number of carbonyl (C=O) groups is 1. The summed E-state index contributed by atoms with van der Waals surface area (Å²) in [6.07, 6.45) is 4.41. The minimum Gasteiger partial charge on any atom is -0.475 e. The lowest BCUT2D eigenvalue weighted by Crippen LogP contribution is -2.46. The molecule has 39 heavy (non-hydrogen) atoms. The highest BCUT2D eigenvalue weighted by molar-refractivity contribution is 7.29. The van der Waals surface area contributed by atoms with Crippen molar-refractivity contribution in [1.29, 1.82) is 0 Å². The van der Waals surface area contributed by atoms with E-state index in [0.29, 0.717) is 12.1 Å². The van der Waals surface area contributed by atoms with Gasteiger partial charge in [-0.2, -0.15) is 18.3 Å². The largest absolute Gasteiger partial charge is 0.490 e. The number of anilines is 1. The van der Waals surface area contributed by atoms with E-state index in [1.54, 1.807) is 35.2 Å². The van der Waals surface area contributed by atoms with Crippen molar-refractivity contribution in [2.75, 3.05) is 25.5 Å². The van der Waals surface area contributed by atoms with Gasteiger partial charge in [-0.3, -0.25) is 10.1 Å². The average Bonchev–Trinajstić information content (AvgIpc) is 3.68. The topological polar surface area (TPSA) is 140 Å². The molecule has 6 heterocycles. The Hall–Kier alpha value is -3.63. The number of alkyl halides is 3. The van der Waals surface area contributed by atoms with Gasteiger partial charge in [-0.05, 0) is 26.8 Å². The van der Waals surface area contributed by atoms with Crippen molar-refractivity contribution < 1.29 is 23.1 Å². The van der Waals surface area contributed by atoms with Crippen LogP contribution in [0.15, 0.2) is 24.9 Å². The van der Waals surface area contributed by atoms with Crippen LogP contribution in [0.1, 0.15) is 19.8 Å². The summed E-state index contributed by atoms with van der Waals surface area (Å²) in [5.41, 5.74) is 4.45. The van der Waals surface area contributed by atoms with Crippen LogP contribution in [-0.4, -0.2) is 90.0 Å². The van der Waals surface area contributed by atoms with Crippen molar-refractivity contribution in [2.24, 2.45) is 0 Å². The average molecular weight is 580 g/mol. The Morgan fingerprint density at radius 1 is 1.21 bits per heavy atom. The molecule has 5 aromatic heterocycles. The van der Waals surface area contributed by atoms with Crippen LogP contribution in [0.3, 0.4) is 0 Å². The fourth-order valence-corrected chi connectivity index (χ4v) is 6.43. The second-order valence-electron chi connectivity index (χ2n) is 9.18. The summed E-state index contributed by atoms with van der Waals surface area (Å²) >= 11 is 3.23. The Kier molecular flexibility index (Phi) is 7.26. The molecule has 0 spiro atoms. The number of rotatable bonds is 4. The summed E-state index contributed by atoms with van der Waals surface area (Å²) < 4.78 is 31.7. The molecule has 0 saturated carbocycles. The van der Waals surface area contributed by atoms with Crippen molar-refractivity contribution in [1.82, 2.24) is 40.0 Å². The van der Waals surface area contributed by atoms with Gasteiger partial charge in [0.05, 0.1) is 18.0 Å². The van der Waals surface area contributed by atoms with Gasteiger partial charge in [-0.25, -0.2) is 19.7 Å². The third-order valence-corrected chi connectivity index (χ3v) is 8.83. The number of aromatic nitrogens is 7. The number of hydrogen-bond acceptors (Lipinski definition) is 10. The molecule has 5 aromatic rings. The van der Waals surface area contributed by atoms with E-state index < -0.39 is 12.1 Å². The number of carboxylic acids is 1. The molecule has 1 aliphatic rings. The normalized spacial score (nSPS) is 18.3. The number of halogens is 3. The van der Waals surface area contributed by atoms with E-state index in [1.807, 2.05) is 12.4 Å². The number of nitrogens with zero attached hydrogens (tertiary/aromatic N) is 7. The molecule has 2 atom stereocenters. The molecule has 1 aliphatic heterocycles. The smallest absolute Gasteiger partial charge is 0.475 e. The van der Waals surface area contributed by atoms with Gasteiger partial charge >= 0.3 is 12.1 Å². The lowest BCUT2D eigenvalue weighted by molar-refractivity contribution is -0.192. The molecule has 2 unspecified atom stereocenters. The molecule has 0 amide bonds. The maximum Gasteiger partial charge on any atom is 0.490 e. The van der Waals surface area contributed by atoms with E-state index in [4.69, 9.17) is 24.9 Å². The molecule has 0 aliphatic carbocycles. The molecule has 206 valence electrons. The molecule has 0 radical (unpaired) electrons. The number of fused-ring (bicyclic) bond motifs is 2. The number of thiazole rings is 2. The van der Waals surface area contributed by atoms with Crippen LogP contribution in [-0.2, 0) is 4.79 Å². The number of pyridine rings is 1. The molecule has 16 heteroatoms. The molecule has 1 fully saturated rings. The number of aliphatic carboxylic acids is 1. The van der Waals surface area contributed by atoms with Gasteiger partial charge in [0, 0.05) is 49.2 Å². The number of hydrogen-bond donors (Lipinski definition) is 3. The first-order valence-electron chi connectivity index (χ1n) is 11.8. The second kappa shape index (κ2) is 10.5. The zero-order valence-corrected chi connectivity index (χ0v) is 22.7. The summed E-state index contributed by atoms with van der Waals surface area (Å²) in [7, 11) is 4.37. The first kappa shape index (κ1) is 27.0. The maximum atomic E-state index is 10.6. The van der Waals surface area contributed by atoms with Crippen LogP contribution >= 0.6 is 22.7 Å². The van der Waals surface area contributed by atoms with Crippen LogP contribution < -0.4 is 4.90 Å². The molecule has 0 bridgehead atoms. The highest BCUT2D eigenvalue weighted by Crippen LogP contribution is 2.39. The van der Waals surface area contributed by atoms with E-state index in [0.717, 1.165) is 67.0 Å². The van der Waals surface area contributed by atoms with E-state index in [1.165, 1.54) is 0 Å². The first-order chi connectivity index (χ1) is 18.5. The summed E-state index contributed by atoms with van der Waals surface area (Å²) in [6, 6.07) is 1.11. The van der Waals surface area contributed by atoms with E-state index in [2.05, 4.69) is 51.0 Å². The zero-order valence-electron chi connectivity index (χ0n) is 21.0. The van der Waals surface area contributed by atoms with Gasteiger partial charge in [-0.15, -0.1) is 0 Å². The van der Waals surface area contributed by atoms with Gasteiger partial charge in [0.1, 0.15) is 16.2 Å². The highest BCUT2D eigenvalue weighted by atomic mass is 32.1. The third-order valence-electron chi connectivity index (χ3n) is 6.70. The van der Waals surface area contributed by atoms with Crippen LogP contribution in [0.2, 0.25) is 0 Å². The fraction of sp³-hybridized carbons (Fsp3) is 0.391. The summed E-state index contributed by atoms with van der Waals surface area (Å²) in [5, 5.41) is 15.9. The molecular weight excluding hydrogens is 555 g/mol. The minimum absolute atomic E-state index is 0.515. The zero-order chi connectivity index (χ0) is 27.9. The predicted octanol–water partition coefficient (Wildman–Crippen LogP) is 4.63. The van der Waals surface area contributed by atoms with E-state index in [-0.39, 0.29) is 0 Å². The number of piperidine rings is 1. The SMILES string of the molecule is CC1CC(N(C)c2nc3sc(-c4ncc(-c5cn[nH]c5)c5[nH]cnc45)nc3s2)CCN1C.O=C(O)C(F)(F)F. The third kappa shape index (κ3) is 5.44. The standard InChI is InChI=1S/C21H23N9S2.C2HF3O2/c1-11-6-13(4-5-29(11)2)30(3)21-28-20-19(32-21)27-18(31-20)17-16-15(23-10-24-16)14(9-22-17)12-7-25-26-8-12;3-2(4,5)1(6)7/h7-11,13H,4-6H2,1-3H3,(H,23,24)(H,25,26);(H,6,7). The molecule has 11 nitrogen and oxygen atoms in total. The maximum absolute atomic E-state index is 10.6. The number of likely N-dealkylation sites (tertiary alicyclic amines) is 1. The Labute approximate surface area is 227 Å². The predicted molar refractivity (Wildman–Crippen MR) is 143 cm³/mol. The molecule has 1 saturated heterocycles. The lowest BCUT2D eigenvalue weighted by atomic mass is 9.98. The molecule has 6 rings (SSSR count). The lowest BCUT2D eigenvalue weighted by Gasteiger charge is -2.39. The molecular formula is C23H24F3N9O2S2. The van der Waals surface area contributed by atoms with Crippen molar-refractivity contribution in [3.05, 3.63) is 24.9 Å². The van der Waals surface area contributed by atoms with Gasteiger partial charge in [0.2, 0.25) is 0 Å². The van der Waals surface area contributed by atoms with Crippen LogP contribution in [0, 0.1) is 0 Å². The molecule has 0 aromatic carbocycles. The van der Waals surface area contributed by atoms with Crippen molar-refractivity contribution in [2.45, 2.75) is 38.0 Å². The summed E-state index contributed by atoms with van der Waals surface area (Å²) in [4.78, 5) is 37.9. The number of imidazole rings is 1. The quantitative estimate of drug-likeness (QED) is 0.278. The number of H-pyrrole nitrogens is 2. The van der Waals surface area contributed by atoms with Gasteiger partial charge < -0.3 is 19.9 Å². The van der Waals surface area contributed by atoms with Crippen LogP contribution in [0.5, 0.6) is 0 Å². The summed E-state index contributed by atoms with van der Waals surface area (Å²) in [5.74, 6) is -2.76. The number of nitrogens with one attached hydrogen (secondary N) is 2. The highest BCUT2D eigenvalue weighted by Gasteiger charge is 2.38. The van der Waals surface area contributed by atoms with Gasteiger partial charge in [0.25, 0.3) is 0 Å². The van der Waals surface area contributed by atoms with Crippen LogP contribution in [0.4, 0.5) is 18.3 Å². The second-order valence-corrected chi connectivity index (χ2v) is 11.1. The van der Waals surface area contributed by atoms with Gasteiger partial charge in [-0.1, -0.05) is 22.7 Å². The number of carboxylic acid groups (broad SMARTS) is 1. The fourth-order valence-electron chi connectivity index (χ4n) is 4.36. The Bertz CT molecular complexity index is 1560. The van der Waals surface area contributed by atoms with E-state index in [9.17, 15) is 13.2 Å². The van der Waals surface area contributed by atoms with Crippen molar-refractivity contribution in [3.8, 4) is 21.8 Å². The van der Waals surface area contributed by atoms with Crippen molar-refractivity contribution >= 4 is 54.5 Å². The van der Waals surface area contributed by atoms with E-state index >= 15 is 0 Å².